The Balaban J connectivity index is 0.000000162. The predicted molar refractivity (Wildman–Crippen MR) is 170 cm³/mol. The third-order valence-electron chi connectivity index (χ3n) is 6.66. The van der Waals surface area contributed by atoms with Crippen LogP contribution in [0.25, 0.3) is 33.5 Å². The van der Waals surface area contributed by atoms with Crippen LogP contribution in [0, 0.1) is 0 Å². The maximum Gasteiger partial charge on any atom is 1.00 e. The molecule has 0 aliphatic carbocycles. The van der Waals surface area contributed by atoms with Crippen molar-refractivity contribution in [2.45, 2.75) is 0 Å². The molecule has 0 fully saturated rings. The molecule has 3 heterocycles. The summed E-state index contributed by atoms with van der Waals surface area (Å²) in [6.45, 7) is 0. The summed E-state index contributed by atoms with van der Waals surface area (Å²) in [6.07, 6.45) is 3.59. The summed E-state index contributed by atoms with van der Waals surface area (Å²) in [5, 5.41) is 5.41. The smallest absolute Gasteiger partial charge is 0.664 e. The van der Waals surface area contributed by atoms with Crippen LogP contribution in [-0.2, 0) is 17.1 Å². The van der Waals surface area contributed by atoms with E-state index < -0.39 is 7.92 Å². The van der Waals surface area contributed by atoms with Crippen molar-refractivity contribution >= 4 is 34.7 Å². The number of pyridine rings is 2. The summed E-state index contributed by atoms with van der Waals surface area (Å²) in [6, 6.07) is 52.5. The van der Waals surface area contributed by atoms with E-state index in [0.717, 1.165) is 33.5 Å². The van der Waals surface area contributed by atoms with Crippen LogP contribution in [0.15, 0.2) is 164 Å². The number of hydrogen-bond donors (Lipinski definition) is 0. The molecule has 7 aromatic rings. The minimum Gasteiger partial charge on any atom is -0.664 e. The Bertz CT molecular complexity index is 1680. The molecule has 41 heavy (non-hydrogen) atoms. The van der Waals surface area contributed by atoms with Crippen LogP contribution in [-0.4, -0.2) is 9.97 Å². The molecule has 0 atom stereocenters. The zero-order chi connectivity index (χ0) is 27.0. The van der Waals surface area contributed by atoms with E-state index in [0.29, 0.717) is 0 Å². The molecule has 0 bridgehead atoms. The number of hydrogen-bond acceptors (Lipinski definition) is 2. The van der Waals surface area contributed by atoms with Crippen LogP contribution >= 0.6 is 7.92 Å². The van der Waals surface area contributed by atoms with Crippen LogP contribution < -0.4 is 20.9 Å². The van der Waals surface area contributed by atoms with E-state index in [-0.39, 0.29) is 17.1 Å². The van der Waals surface area contributed by atoms with Gasteiger partial charge in [-0.05, 0) is 60.2 Å². The van der Waals surface area contributed by atoms with Crippen LogP contribution in [0.4, 0.5) is 0 Å². The molecule has 0 N–H and O–H groups in total. The van der Waals surface area contributed by atoms with Gasteiger partial charge in [-0.3, -0.25) is 4.98 Å². The van der Waals surface area contributed by atoms with Crippen molar-refractivity contribution in [1.29, 1.82) is 0 Å². The SMILES string of the molecule is [Cu+].c1ccc(-c2ccc3cccc(-c4ccc[n-]4)c3n2)nc1.c1ccc([PH+](c2ccccc2)c2ccccc2)cc1. The Morgan fingerprint density at radius 2 is 1.10 bits per heavy atom. The first-order chi connectivity index (χ1) is 19.9. The van der Waals surface area contributed by atoms with Gasteiger partial charge in [-0.25, -0.2) is 4.98 Å². The van der Waals surface area contributed by atoms with Gasteiger partial charge in [-0.2, -0.15) is 6.20 Å². The molecule has 7 rings (SSSR count). The van der Waals surface area contributed by atoms with E-state index in [2.05, 4.69) is 119 Å². The minimum atomic E-state index is -0.877. The molecule has 0 unspecified atom stereocenters. The molecule has 4 aromatic carbocycles. The van der Waals surface area contributed by atoms with Crippen molar-refractivity contribution in [2.24, 2.45) is 0 Å². The Morgan fingerprint density at radius 3 is 1.63 bits per heavy atom. The zero-order valence-corrected chi connectivity index (χ0v) is 24.2. The molecule has 0 aliphatic heterocycles. The van der Waals surface area contributed by atoms with Gasteiger partial charge in [-0.15, -0.1) is 5.69 Å². The maximum atomic E-state index is 4.80. The van der Waals surface area contributed by atoms with Crippen molar-refractivity contribution in [3.8, 4) is 22.6 Å². The normalized spacial score (nSPS) is 10.5. The second-order valence-electron chi connectivity index (χ2n) is 9.28. The minimum absolute atomic E-state index is 0. The van der Waals surface area contributed by atoms with Crippen LogP contribution in [0.2, 0.25) is 0 Å². The molecule has 3 nitrogen and oxygen atoms in total. The number of rotatable bonds is 5. The topological polar surface area (TPSA) is 39.9 Å². The first-order valence-corrected chi connectivity index (χ1v) is 14.8. The Kier molecular flexibility index (Phi) is 9.52. The number of aromatic nitrogens is 3. The second kappa shape index (κ2) is 13.8. The van der Waals surface area contributed by atoms with Crippen molar-refractivity contribution in [3.05, 3.63) is 164 Å². The monoisotopic (exact) mass is 596 g/mol. The molecule has 0 saturated heterocycles. The number of fused-ring (bicyclic) bond motifs is 1. The van der Waals surface area contributed by atoms with Gasteiger partial charge in [0.1, 0.15) is 15.9 Å². The third kappa shape index (κ3) is 6.70. The standard InChI is InChI=1S/C18H12N3.C18H15P.Cu/c1-2-11-20-16(7-1)17-10-9-13-5-3-6-14(18(13)21-17)15-8-4-12-19-15;1-4-10-16(11-5-1)19(17-12-6-2-7-13-17)18-14-8-3-9-15-18;/h1-12H;1-15H;/q-1;;+1/p+1. The molecule has 0 radical (unpaired) electrons. The van der Waals surface area contributed by atoms with E-state index in [9.17, 15) is 0 Å². The Morgan fingerprint density at radius 1 is 0.488 bits per heavy atom. The maximum absolute atomic E-state index is 4.80. The second-order valence-corrected chi connectivity index (χ2v) is 11.8. The fourth-order valence-corrected chi connectivity index (χ4v) is 7.36. The molecule has 0 aliphatic rings. The quantitative estimate of drug-likeness (QED) is 0.157. The van der Waals surface area contributed by atoms with Crippen LogP contribution in [0.5, 0.6) is 0 Å². The van der Waals surface area contributed by atoms with E-state index in [1.165, 1.54) is 15.9 Å². The summed E-state index contributed by atoms with van der Waals surface area (Å²) in [5.74, 6) is 0. The first kappa shape index (κ1) is 28.2. The number of benzene rings is 4. The zero-order valence-electron chi connectivity index (χ0n) is 22.2. The molecule has 0 amide bonds. The predicted octanol–water partition coefficient (Wildman–Crippen LogP) is 7.10. The first-order valence-electron chi connectivity index (χ1n) is 13.3. The van der Waals surface area contributed by atoms with Crippen molar-refractivity contribution < 1.29 is 17.1 Å². The Labute approximate surface area is 252 Å². The molecule has 202 valence electrons. The van der Waals surface area contributed by atoms with Gasteiger partial charge in [0.15, 0.2) is 0 Å². The van der Waals surface area contributed by atoms with Gasteiger partial charge < -0.3 is 4.98 Å². The fourth-order valence-electron chi connectivity index (χ4n) is 4.79. The molecular formula is C36H28CuN3P+. The fraction of sp³-hybridized carbons (Fsp3) is 0. The van der Waals surface area contributed by atoms with Gasteiger partial charge in [-0.1, -0.05) is 97.1 Å². The summed E-state index contributed by atoms with van der Waals surface area (Å²) >= 11 is 0. The summed E-state index contributed by atoms with van der Waals surface area (Å²) in [5.41, 5.74) is 4.72. The molecular weight excluding hydrogens is 569 g/mol. The van der Waals surface area contributed by atoms with E-state index in [4.69, 9.17) is 4.98 Å². The molecule has 3 aromatic heterocycles. The van der Waals surface area contributed by atoms with E-state index >= 15 is 0 Å². The average molecular weight is 597 g/mol. The molecule has 5 heteroatoms. The van der Waals surface area contributed by atoms with Crippen molar-refractivity contribution in [3.63, 3.8) is 0 Å². The van der Waals surface area contributed by atoms with E-state index in [1.807, 2.05) is 42.5 Å². The summed E-state index contributed by atoms with van der Waals surface area (Å²) < 4.78 is 0. The average Bonchev–Trinajstić information content (AvgIpc) is 3.58. The molecule has 0 spiro atoms. The Hall–Kier alpha value is -4.33. The third-order valence-corrected chi connectivity index (χ3v) is 9.40. The van der Waals surface area contributed by atoms with E-state index in [1.54, 1.807) is 12.4 Å². The van der Waals surface area contributed by atoms with Gasteiger partial charge >= 0.3 is 17.1 Å². The summed E-state index contributed by atoms with van der Waals surface area (Å²) in [4.78, 5) is 13.6. The van der Waals surface area contributed by atoms with Crippen LogP contribution in [0.1, 0.15) is 0 Å². The van der Waals surface area contributed by atoms with Gasteiger partial charge in [0, 0.05) is 11.6 Å². The molecule has 0 saturated carbocycles. The van der Waals surface area contributed by atoms with Gasteiger partial charge in [0.2, 0.25) is 0 Å². The van der Waals surface area contributed by atoms with Gasteiger partial charge in [0.25, 0.3) is 0 Å². The van der Waals surface area contributed by atoms with Crippen LogP contribution in [0.3, 0.4) is 0 Å². The van der Waals surface area contributed by atoms with Crippen molar-refractivity contribution in [2.75, 3.05) is 0 Å². The number of nitrogens with zero attached hydrogens (tertiary/aromatic N) is 3. The largest absolute Gasteiger partial charge is 1.00 e. The van der Waals surface area contributed by atoms with Gasteiger partial charge in [0.05, 0.1) is 24.8 Å². The number of para-hydroxylation sites is 1. The summed E-state index contributed by atoms with van der Waals surface area (Å²) in [7, 11) is -0.877. The van der Waals surface area contributed by atoms with Crippen molar-refractivity contribution in [1.82, 2.24) is 15.0 Å².